The fourth-order valence-electron chi connectivity index (χ4n) is 1.42. The first-order valence-electron chi connectivity index (χ1n) is 4.60. The van der Waals surface area contributed by atoms with Crippen LogP contribution in [-0.2, 0) is 7.05 Å². The van der Waals surface area contributed by atoms with Crippen molar-refractivity contribution < 1.29 is 9.32 Å². The second-order valence-corrected chi connectivity index (χ2v) is 3.35. The van der Waals surface area contributed by atoms with Crippen LogP contribution in [0.5, 0.6) is 0 Å². The van der Waals surface area contributed by atoms with Crippen molar-refractivity contribution in [3.05, 3.63) is 23.7 Å². The Morgan fingerprint density at radius 3 is 2.94 bits per heavy atom. The molecule has 0 aromatic carbocycles. The third-order valence-electron chi connectivity index (χ3n) is 2.15. The molecule has 3 N–H and O–H groups in total. The highest BCUT2D eigenvalue weighted by Gasteiger charge is 2.15. The number of amides is 1. The van der Waals surface area contributed by atoms with Gasteiger partial charge in [0.15, 0.2) is 11.5 Å². The number of carbonyl (C=O) groups is 1. The highest BCUT2D eigenvalue weighted by Crippen LogP contribution is 2.22. The average molecular weight is 221 g/mol. The Morgan fingerprint density at radius 1 is 1.62 bits per heavy atom. The Kier molecular flexibility index (Phi) is 2.45. The van der Waals surface area contributed by atoms with Gasteiger partial charge in [0.05, 0.1) is 11.3 Å². The summed E-state index contributed by atoms with van der Waals surface area (Å²) in [5.74, 6) is 4.99. The number of carbonyl (C=O) groups excluding carboxylic acids is 1. The minimum atomic E-state index is -0.489. The van der Waals surface area contributed by atoms with Gasteiger partial charge in [0.2, 0.25) is 0 Å². The molecule has 2 aromatic heterocycles. The molecule has 0 saturated carbocycles. The fraction of sp³-hybridized carbons (Fsp3) is 0.222. The van der Waals surface area contributed by atoms with E-state index in [1.807, 2.05) is 12.3 Å². The summed E-state index contributed by atoms with van der Waals surface area (Å²) >= 11 is 0. The van der Waals surface area contributed by atoms with E-state index in [1.54, 1.807) is 17.9 Å². The molecule has 0 atom stereocenters. The van der Waals surface area contributed by atoms with Crippen molar-refractivity contribution in [3.8, 4) is 11.3 Å². The van der Waals surface area contributed by atoms with Crippen LogP contribution in [0.25, 0.3) is 11.3 Å². The van der Waals surface area contributed by atoms with Crippen molar-refractivity contribution in [3.63, 3.8) is 0 Å². The zero-order valence-electron chi connectivity index (χ0n) is 8.89. The molecule has 16 heavy (non-hydrogen) atoms. The molecule has 2 rings (SSSR count). The first-order valence-corrected chi connectivity index (χ1v) is 4.60. The Bertz CT molecular complexity index is 528. The molecule has 2 aromatic rings. The van der Waals surface area contributed by atoms with Gasteiger partial charge in [-0.15, -0.1) is 0 Å². The number of aromatic nitrogens is 3. The molecule has 0 aliphatic rings. The number of hydrogen-bond acceptors (Lipinski definition) is 5. The number of rotatable bonds is 2. The highest BCUT2D eigenvalue weighted by molar-refractivity contribution is 5.92. The minimum Gasteiger partial charge on any atom is -0.355 e. The number of nitrogen functional groups attached to an aromatic ring is 1. The zero-order valence-corrected chi connectivity index (χ0v) is 8.89. The van der Waals surface area contributed by atoms with Gasteiger partial charge >= 0.3 is 0 Å². The third-order valence-corrected chi connectivity index (χ3v) is 2.15. The van der Waals surface area contributed by atoms with Crippen LogP contribution in [-0.4, -0.2) is 20.8 Å². The van der Waals surface area contributed by atoms with E-state index >= 15 is 0 Å². The van der Waals surface area contributed by atoms with Gasteiger partial charge in [-0.25, -0.2) is 5.84 Å². The lowest BCUT2D eigenvalue weighted by Gasteiger charge is -1.89. The average Bonchev–Trinajstić information content (AvgIpc) is 2.83. The Balaban J connectivity index is 2.38. The minimum absolute atomic E-state index is 0.140. The van der Waals surface area contributed by atoms with E-state index in [0.717, 1.165) is 11.3 Å². The van der Waals surface area contributed by atoms with Crippen molar-refractivity contribution in [1.29, 1.82) is 0 Å². The van der Waals surface area contributed by atoms with Crippen LogP contribution in [0, 0.1) is 6.92 Å². The zero-order chi connectivity index (χ0) is 11.7. The maximum atomic E-state index is 11.2. The second-order valence-electron chi connectivity index (χ2n) is 3.35. The van der Waals surface area contributed by atoms with E-state index < -0.39 is 5.91 Å². The van der Waals surface area contributed by atoms with Crippen molar-refractivity contribution in [1.82, 2.24) is 20.4 Å². The summed E-state index contributed by atoms with van der Waals surface area (Å²) in [7, 11) is 1.81. The Hall–Kier alpha value is -2.15. The summed E-state index contributed by atoms with van der Waals surface area (Å²) in [4.78, 5) is 11.2. The molecule has 0 saturated heterocycles. The molecular formula is C9H11N5O2. The van der Waals surface area contributed by atoms with Gasteiger partial charge in [-0.3, -0.25) is 14.9 Å². The molecule has 7 heteroatoms. The summed E-state index contributed by atoms with van der Waals surface area (Å²) in [5, 5.41) is 7.77. The molecule has 0 aliphatic heterocycles. The Labute approximate surface area is 91.2 Å². The summed E-state index contributed by atoms with van der Waals surface area (Å²) in [6.07, 6.45) is 1.79. The van der Waals surface area contributed by atoms with E-state index in [0.29, 0.717) is 5.76 Å². The molecule has 84 valence electrons. The number of nitrogens with two attached hydrogens (primary N) is 1. The first kappa shape index (κ1) is 10.4. The number of nitrogens with zero attached hydrogens (tertiary/aromatic N) is 3. The molecule has 1 amide bonds. The number of nitrogens with one attached hydrogen (secondary N) is 1. The lowest BCUT2D eigenvalue weighted by atomic mass is 10.2. The maximum Gasteiger partial charge on any atom is 0.287 e. The monoisotopic (exact) mass is 221 g/mol. The van der Waals surface area contributed by atoms with Crippen molar-refractivity contribution in [2.75, 3.05) is 0 Å². The summed E-state index contributed by atoms with van der Waals surface area (Å²) in [5.41, 5.74) is 3.72. The number of aryl methyl sites for hydroxylation is 2. The van der Waals surface area contributed by atoms with Gasteiger partial charge in [0.25, 0.3) is 5.91 Å². The largest absolute Gasteiger partial charge is 0.355 e. The standard InChI is InChI=1S/C9H11N5O2/c1-5-6(4-14(2)12-5)8-3-7(13-16-8)9(15)11-10/h3-4H,10H2,1-2H3,(H,11,15). The topological polar surface area (TPSA) is 99.0 Å². The molecule has 0 aliphatic carbocycles. The molecule has 0 spiro atoms. The molecule has 0 fully saturated rings. The van der Waals surface area contributed by atoms with Gasteiger partial charge in [0.1, 0.15) is 0 Å². The molecular weight excluding hydrogens is 210 g/mol. The first-order chi connectivity index (χ1) is 7.61. The predicted octanol–water partition coefficient (Wildman–Crippen LogP) is -0.0130. The van der Waals surface area contributed by atoms with Crippen LogP contribution in [0.15, 0.2) is 16.8 Å². The van der Waals surface area contributed by atoms with Crippen LogP contribution < -0.4 is 11.3 Å². The smallest absolute Gasteiger partial charge is 0.287 e. The second kappa shape index (κ2) is 3.78. The molecule has 0 radical (unpaired) electrons. The maximum absolute atomic E-state index is 11.2. The lowest BCUT2D eigenvalue weighted by molar-refractivity contribution is 0.0944. The van der Waals surface area contributed by atoms with Gasteiger partial charge in [-0.2, -0.15) is 5.10 Å². The summed E-state index contributed by atoms with van der Waals surface area (Å²) in [6.45, 7) is 1.85. The van der Waals surface area contributed by atoms with Crippen LogP contribution in [0.1, 0.15) is 16.2 Å². The number of hydrogen-bond donors (Lipinski definition) is 2. The SMILES string of the molecule is Cc1nn(C)cc1-c1cc(C(=O)NN)no1. The predicted molar refractivity (Wildman–Crippen MR) is 55.1 cm³/mol. The van der Waals surface area contributed by atoms with Gasteiger partial charge in [-0.1, -0.05) is 5.16 Å². The lowest BCUT2D eigenvalue weighted by Crippen LogP contribution is -2.30. The molecule has 0 bridgehead atoms. The van der Waals surface area contributed by atoms with E-state index in [1.165, 1.54) is 6.07 Å². The van der Waals surface area contributed by atoms with Crippen molar-refractivity contribution in [2.24, 2.45) is 12.9 Å². The van der Waals surface area contributed by atoms with Crippen molar-refractivity contribution in [2.45, 2.75) is 6.92 Å². The van der Waals surface area contributed by atoms with Crippen molar-refractivity contribution >= 4 is 5.91 Å². The fourth-order valence-corrected chi connectivity index (χ4v) is 1.42. The third kappa shape index (κ3) is 1.68. The van der Waals surface area contributed by atoms with Gasteiger partial charge in [-0.05, 0) is 6.92 Å². The van der Waals surface area contributed by atoms with E-state index in [-0.39, 0.29) is 5.69 Å². The van der Waals surface area contributed by atoms with Crippen LogP contribution in [0.3, 0.4) is 0 Å². The number of hydrazine groups is 1. The molecule has 0 unspecified atom stereocenters. The van der Waals surface area contributed by atoms with Gasteiger partial charge < -0.3 is 4.52 Å². The summed E-state index contributed by atoms with van der Waals surface area (Å²) in [6, 6.07) is 1.52. The van der Waals surface area contributed by atoms with E-state index in [2.05, 4.69) is 10.3 Å². The summed E-state index contributed by atoms with van der Waals surface area (Å²) < 4.78 is 6.71. The van der Waals surface area contributed by atoms with Crippen LogP contribution in [0.4, 0.5) is 0 Å². The van der Waals surface area contributed by atoms with Crippen LogP contribution in [0.2, 0.25) is 0 Å². The molecule has 2 heterocycles. The highest BCUT2D eigenvalue weighted by atomic mass is 16.5. The van der Waals surface area contributed by atoms with Crippen LogP contribution >= 0.6 is 0 Å². The van der Waals surface area contributed by atoms with Gasteiger partial charge in [0, 0.05) is 19.3 Å². The van der Waals surface area contributed by atoms with E-state index in [9.17, 15) is 4.79 Å². The van der Waals surface area contributed by atoms with E-state index in [4.69, 9.17) is 10.4 Å². The quantitative estimate of drug-likeness (QED) is 0.422. The Morgan fingerprint density at radius 2 is 2.38 bits per heavy atom. The molecule has 7 nitrogen and oxygen atoms in total. The normalized spacial score (nSPS) is 10.4.